The Bertz CT molecular complexity index is 1400. The summed E-state index contributed by atoms with van der Waals surface area (Å²) in [5.41, 5.74) is 2.10. The molecule has 0 radical (unpaired) electrons. The second kappa shape index (κ2) is 15.1. The second-order valence-corrected chi connectivity index (χ2v) is 13.2. The van der Waals surface area contributed by atoms with Gasteiger partial charge in [0.1, 0.15) is 11.9 Å². The van der Waals surface area contributed by atoms with E-state index < -0.39 is 21.9 Å². The number of carbonyl (C=O) groups excluding carboxylic acids is 2. The van der Waals surface area contributed by atoms with Crippen molar-refractivity contribution >= 4 is 43.5 Å². The molecule has 3 aromatic carbocycles. The van der Waals surface area contributed by atoms with Gasteiger partial charge in [0, 0.05) is 36.9 Å². The Morgan fingerprint density at radius 2 is 1.61 bits per heavy atom. The second-order valence-electron chi connectivity index (χ2n) is 10.4. The first kappa shape index (κ1) is 32.3. The van der Waals surface area contributed by atoms with Crippen LogP contribution in [0.25, 0.3) is 0 Å². The SMILES string of the molecule is CC(C)CNC(=O)[C@@H](Cc1ccccc1)N(Cc1cccc(Br)c1)C(=O)CCCN(c1ccc(F)cc1)S(C)(=O)=O. The molecule has 0 bridgehead atoms. The van der Waals surface area contributed by atoms with Crippen LogP contribution in [0.4, 0.5) is 10.1 Å². The molecule has 0 saturated carbocycles. The van der Waals surface area contributed by atoms with Crippen LogP contribution >= 0.6 is 15.9 Å². The normalized spacial score (nSPS) is 12.1. The van der Waals surface area contributed by atoms with Crippen LogP contribution in [0.15, 0.2) is 83.3 Å². The van der Waals surface area contributed by atoms with Gasteiger partial charge in [0.25, 0.3) is 0 Å². The Kier molecular flexibility index (Phi) is 11.9. The highest BCUT2D eigenvalue weighted by atomic mass is 79.9. The van der Waals surface area contributed by atoms with Crippen LogP contribution in [0.1, 0.15) is 37.8 Å². The number of hydrogen-bond donors (Lipinski definition) is 1. The molecular formula is C31H37BrFN3O4S. The van der Waals surface area contributed by atoms with E-state index in [9.17, 15) is 22.4 Å². The van der Waals surface area contributed by atoms with Crippen molar-refractivity contribution in [1.29, 1.82) is 0 Å². The lowest BCUT2D eigenvalue weighted by Crippen LogP contribution is -2.51. The molecule has 3 aromatic rings. The third-order valence-corrected chi connectivity index (χ3v) is 8.15. The summed E-state index contributed by atoms with van der Waals surface area (Å²) in [7, 11) is -3.67. The van der Waals surface area contributed by atoms with Crippen LogP contribution < -0.4 is 9.62 Å². The van der Waals surface area contributed by atoms with Gasteiger partial charge in [-0.05, 0) is 59.9 Å². The highest BCUT2D eigenvalue weighted by molar-refractivity contribution is 9.10. The van der Waals surface area contributed by atoms with Gasteiger partial charge in [0.2, 0.25) is 21.8 Å². The number of carbonyl (C=O) groups is 2. The maximum Gasteiger partial charge on any atom is 0.243 e. The highest BCUT2D eigenvalue weighted by Gasteiger charge is 2.30. The van der Waals surface area contributed by atoms with E-state index in [1.165, 1.54) is 24.3 Å². The summed E-state index contributed by atoms with van der Waals surface area (Å²) in [5.74, 6) is -0.743. The zero-order valence-electron chi connectivity index (χ0n) is 23.6. The number of halogens is 2. The first-order chi connectivity index (χ1) is 19.4. The minimum Gasteiger partial charge on any atom is -0.354 e. The molecular weight excluding hydrogens is 609 g/mol. The van der Waals surface area contributed by atoms with E-state index in [0.717, 1.165) is 26.2 Å². The number of nitrogens with one attached hydrogen (secondary N) is 1. The maximum absolute atomic E-state index is 13.8. The summed E-state index contributed by atoms with van der Waals surface area (Å²) >= 11 is 3.48. The first-order valence-electron chi connectivity index (χ1n) is 13.5. The van der Waals surface area contributed by atoms with E-state index in [0.29, 0.717) is 18.7 Å². The zero-order chi connectivity index (χ0) is 30.0. The lowest BCUT2D eigenvalue weighted by molar-refractivity contribution is -0.141. The van der Waals surface area contributed by atoms with Crippen LogP contribution in [0.3, 0.4) is 0 Å². The molecule has 3 rings (SSSR count). The van der Waals surface area contributed by atoms with E-state index in [1.54, 1.807) is 4.90 Å². The molecule has 0 heterocycles. The van der Waals surface area contributed by atoms with Crippen molar-refractivity contribution < 1.29 is 22.4 Å². The molecule has 0 spiro atoms. The Hall–Kier alpha value is -3.24. The summed E-state index contributed by atoms with van der Waals surface area (Å²) in [4.78, 5) is 29.0. The number of hydrogen-bond acceptors (Lipinski definition) is 4. The van der Waals surface area contributed by atoms with Crippen molar-refractivity contribution in [3.05, 3.63) is 100 Å². The van der Waals surface area contributed by atoms with Crippen LogP contribution in [0.5, 0.6) is 0 Å². The minimum atomic E-state index is -3.67. The summed E-state index contributed by atoms with van der Waals surface area (Å²) in [6, 6.07) is 21.5. The van der Waals surface area contributed by atoms with Crippen molar-refractivity contribution in [3.63, 3.8) is 0 Å². The van der Waals surface area contributed by atoms with E-state index >= 15 is 0 Å². The Morgan fingerprint density at radius 3 is 2.22 bits per heavy atom. The number of sulfonamides is 1. The van der Waals surface area contributed by atoms with E-state index in [4.69, 9.17) is 0 Å². The summed E-state index contributed by atoms with van der Waals surface area (Å²) in [6.07, 6.45) is 1.64. The number of nitrogens with zero attached hydrogens (tertiary/aromatic N) is 2. The standard InChI is InChI=1S/C31H37BrFN3O4S/c1-23(2)21-34-31(38)29(20-24-9-5-4-6-10-24)35(22-25-11-7-12-26(32)19-25)30(37)13-8-18-36(41(3,39)40)28-16-14-27(33)15-17-28/h4-7,9-12,14-17,19,23,29H,8,13,18,20-22H2,1-3H3,(H,34,38)/t29-/m1/s1. The van der Waals surface area contributed by atoms with Gasteiger partial charge >= 0.3 is 0 Å². The van der Waals surface area contributed by atoms with E-state index in [2.05, 4.69) is 21.2 Å². The Balaban J connectivity index is 1.87. The fourth-order valence-corrected chi connectivity index (χ4v) is 5.83. The third-order valence-electron chi connectivity index (χ3n) is 6.46. The van der Waals surface area contributed by atoms with Crippen LogP contribution in [0.2, 0.25) is 0 Å². The number of amides is 2. The fourth-order valence-electron chi connectivity index (χ4n) is 4.42. The molecule has 0 aromatic heterocycles. The van der Waals surface area contributed by atoms with E-state index in [1.807, 2.05) is 68.4 Å². The van der Waals surface area contributed by atoms with Gasteiger partial charge < -0.3 is 10.2 Å². The van der Waals surface area contributed by atoms with Gasteiger partial charge in [-0.1, -0.05) is 72.2 Å². The number of benzene rings is 3. The van der Waals surface area contributed by atoms with Crippen molar-refractivity contribution in [2.24, 2.45) is 5.92 Å². The van der Waals surface area contributed by atoms with Crippen molar-refractivity contribution in [2.45, 2.75) is 45.7 Å². The van der Waals surface area contributed by atoms with Crippen LogP contribution in [-0.4, -0.2) is 50.5 Å². The Labute approximate surface area is 250 Å². The summed E-state index contributed by atoms with van der Waals surface area (Å²) in [6.45, 7) is 4.73. The largest absolute Gasteiger partial charge is 0.354 e. The summed E-state index contributed by atoms with van der Waals surface area (Å²) < 4.78 is 40.5. The predicted octanol–water partition coefficient (Wildman–Crippen LogP) is 5.55. The first-order valence-corrected chi connectivity index (χ1v) is 16.2. The molecule has 10 heteroatoms. The van der Waals surface area contributed by atoms with Crippen LogP contribution in [0, 0.1) is 11.7 Å². The molecule has 0 aliphatic rings. The quantitative estimate of drug-likeness (QED) is 0.249. The third kappa shape index (κ3) is 10.3. The molecule has 7 nitrogen and oxygen atoms in total. The van der Waals surface area contributed by atoms with Gasteiger partial charge in [-0.25, -0.2) is 12.8 Å². The highest BCUT2D eigenvalue weighted by Crippen LogP contribution is 2.21. The minimum absolute atomic E-state index is 0.0178. The average Bonchev–Trinajstić information content (AvgIpc) is 2.92. The zero-order valence-corrected chi connectivity index (χ0v) is 26.0. The number of rotatable bonds is 14. The van der Waals surface area contributed by atoms with Gasteiger partial charge in [-0.15, -0.1) is 0 Å². The molecule has 1 atom stereocenters. The molecule has 0 aliphatic carbocycles. The lowest BCUT2D eigenvalue weighted by atomic mass is 10.0. The predicted molar refractivity (Wildman–Crippen MR) is 164 cm³/mol. The average molecular weight is 647 g/mol. The molecule has 41 heavy (non-hydrogen) atoms. The topological polar surface area (TPSA) is 86.8 Å². The van der Waals surface area contributed by atoms with Crippen molar-refractivity contribution in [2.75, 3.05) is 23.7 Å². The van der Waals surface area contributed by atoms with Crippen molar-refractivity contribution in [3.8, 4) is 0 Å². The maximum atomic E-state index is 13.8. The van der Waals surface area contributed by atoms with Gasteiger partial charge in [0.15, 0.2) is 0 Å². The molecule has 0 aliphatic heterocycles. The smallest absolute Gasteiger partial charge is 0.243 e. The van der Waals surface area contributed by atoms with Crippen molar-refractivity contribution in [1.82, 2.24) is 10.2 Å². The number of anilines is 1. The van der Waals surface area contributed by atoms with E-state index in [-0.39, 0.29) is 43.7 Å². The van der Waals surface area contributed by atoms with Gasteiger partial charge in [-0.2, -0.15) is 0 Å². The molecule has 1 N–H and O–H groups in total. The lowest BCUT2D eigenvalue weighted by Gasteiger charge is -2.32. The molecule has 220 valence electrons. The monoisotopic (exact) mass is 645 g/mol. The summed E-state index contributed by atoms with van der Waals surface area (Å²) in [5, 5.41) is 2.99. The molecule has 0 saturated heterocycles. The molecule has 0 fully saturated rings. The Morgan fingerprint density at radius 1 is 0.951 bits per heavy atom. The van der Waals surface area contributed by atoms with Crippen LogP contribution in [-0.2, 0) is 32.6 Å². The fraction of sp³-hybridized carbons (Fsp3) is 0.355. The molecule has 2 amide bonds. The van der Waals surface area contributed by atoms with Gasteiger partial charge in [0.05, 0.1) is 11.9 Å². The van der Waals surface area contributed by atoms with Gasteiger partial charge in [-0.3, -0.25) is 13.9 Å². The molecule has 0 unspecified atom stereocenters.